The Balaban J connectivity index is 3.14. The molecule has 43 heavy (non-hydrogen) atoms. The Bertz CT molecular complexity index is 894. The van der Waals surface area contributed by atoms with Gasteiger partial charge in [-0.3, -0.25) is 19.6 Å². The fraction of sp³-hybridized carbons (Fsp3) is 0.737. The van der Waals surface area contributed by atoms with Gasteiger partial charge in [0, 0.05) is 38.8 Å². The lowest BCUT2D eigenvalue weighted by atomic mass is 10.0. The third kappa shape index (κ3) is 13.7. The summed E-state index contributed by atoms with van der Waals surface area (Å²) in [5, 5.41) is 18.6. The predicted octanol–water partition coefficient (Wildman–Crippen LogP) is -8.97. The van der Waals surface area contributed by atoms with Crippen molar-refractivity contribution in [2.75, 3.05) is 72.0 Å². The Hall–Kier alpha value is -4.01. The molecule has 0 radical (unpaired) electrons. The molecule has 1 atom stereocenters. The van der Waals surface area contributed by atoms with E-state index >= 15 is 0 Å². The van der Waals surface area contributed by atoms with E-state index in [0.29, 0.717) is 75.0 Å². The van der Waals surface area contributed by atoms with E-state index in [2.05, 4.69) is 67.3 Å². The molecule has 0 aliphatic carbocycles. The van der Waals surface area contributed by atoms with Crippen LogP contribution in [0.5, 0.6) is 0 Å². The van der Waals surface area contributed by atoms with Crippen LogP contribution in [-0.4, -0.2) is 127 Å². The summed E-state index contributed by atoms with van der Waals surface area (Å²) in [6.45, 7) is 5.55. The first kappa shape index (κ1) is 37.0. The van der Waals surface area contributed by atoms with Crippen molar-refractivity contribution in [2.24, 2.45) is 83.9 Å². The third-order valence-electron chi connectivity index (χ3n) is 6.89. The van der Waals surface area contributed by atoms with E-state index in [1.165, 1.54) is 0 Å². The van der Waals surface area contributed by atoms with E-state index in [1.54, 1.807) is 0 Å². The maximum Gasteiger partial charge on any atom is 0.150 e. The quantitative estimate of drug-likeness (QED) is 0.0312. The number of amidine groups is 5. The number of rotatable bonds is 17. The van der Waals surface area contributed by atoms with Gasteiger partial charge < -0.3 is 56.3 Å². The molecule has 1 rings (SSSR count). The number of nitrogens with zero attached hydrogens (tertiary/aromatic N) is 9. The van der Waals surface area contributed by atoms with Gasteiger partial charge in [0.15, 0.2) is 0 Å². The van der Waals surface area contributed by atoms with Crippen molar-refractivity contribution in [2.45, 2.75) is 18.9 Å². The first-order valence-corrected chi connectivity index (χ1v) is 13.4. The average Bonchev–Trinajstić information content (AvgIpc) is 3.05. The SMILES string of the molecule is N/N=C(/CN(CCN(C/C(=N/N)NN)C/C(=N/N)NN)CCN(C/C(=N/N)NN)C1CCCN(C/C(=N/N)NN)C1)NN. The van der Waals surface area contributed by atoms with Crippen LogP contribution >= 0.6 is 0 Å². The van der Waals surface area contributed by atoms with E-state index in [0.717, 1.165) is 25.9 Å². The molecule has 0 amide bonds. The van der Waals surface area contributed by atoms with Crippen LogP contribution in [0.1, 0.15) is 12.8 Å². The van der Waals surface area contributed by atoms with Crippen molar-refractivity contribution in [3.63, 3.8) is 0 Å². The minimum Gasteiger partial charge on any atom is -0.321 e. The topological polar surface area (TPSA) is 395 Å². The van der Waals surface area contributed by atoms with Crippen LogP contribution in [-0.2, 0) is 0 Å². The zero-order valence-electron chi connectivity index (χ0n) is 24.6. The van der Waals surface area contributed by atoms with Crippen LogP contribution in [0.3, 0.4) is 0 Å². The van der Waals surface area contributed by atoms with E-state index in [1.807, 2.05) is 4.90 Å². The fourth-order valence-electron chi connectivity index (χ4n) is 4.56. The largest absolute Gasteiger partial charge is 0.321 e. The maximum absolute atomic E-state index is 5.67. The summed E-state index contributed by atoms with van der Waals surface area (Å²) in [4.78, 5) is 8.53. The van der Waals surface area contributed by atoms with Crippen molar-refractivity contribution in [1.29, 1.82) is 0 Å². The maximum atomic E-state index is 5.67. The molecule has 24 heteroatoms. The molecule has 0 bridgehead atoms. The molecule has 248 valence electrons. The molecule has 0 saturated carbocycles. The molecule has 0 aromatic rings. The number of nitrogens with one attached hydrogen (secondary N) is 5. The number of hydrogen-bond acceptors (Lipinski definition) is 19. The standard InChI is InChI=1S/C19H52N24/c20-30-15(31-21)9-40(4-5-42(11-17(34-24)35-25)12-18(36-26)37-27)6-7-43(13-19(38-28)39-29)14-2-1-3-41(8-14)10-16(32-22)33-23/h14H,1-13,20-29H2,(H,30,31)(H,32,33)(H,34,35)(H,36,37)(H,38,39). The highest BCUT2D eigenvalue weighted by atomic mass is 15.4. The van der Waals surface area contributed by atoms with Crippen molar-refractivity contribution in [3.05, 3.63) is 0 Å². The molecule has 1 heterocycles. The molecular weight excluding hydrogens is 564 g/mol. The second-order valence-corrected chi connectivity index (χ2v) is 9.59. The normalized spacial score (nSPS) is 18.0. The Morgan fingerprint density at radius 3 is 1.47 bits per heavy atom. The van der Waals surface area contributed by atoms with Crippen LogP contribution in [0, 0.1) is 0 Å². The van der Waals surface area contributed by atoms with Crippen LogP contribution in [0.4, 0.5) is 0 Å². The lowest BCUT2D eigenvalue weighted by Crippen LogP contribution is -2.55. The Morgan fingerprint density at radius 2 is 1.00 bits per heavy atom. The van der Waals surface area contributed by atoms with Gasteiger partial charge in [0.1, 0.15) is 29.2 Å². The van der Waals surface area contributed by atoms with Crippen molar-refractivity contribution < 1.29 is 0 Å². The summed E-state index contributed by atoms with van der Waals surface area (Å²) >= 11 is 0. The van der Waals surface area contributed by atoms with Gasteiger partial charge in [-0.15, -0.1) is 0 Å². The summed E-state index contributed by atoms with van der Waals surface area (Å²) in [5.41, 5.74) is 12.6. The zero-order chi connectivity index (χ0) is 32.0. The first-order chi connectivity index (χ1) is 20.8. The number of hydrazine groups is 5. The molecule has 25 N–H and O–H groups in total. The summed E-state index contributed by atoms with van der Waals surface area (Å²) in [6.07, 6.45) is 1.90. The van der Waals surface area contributed by atoms with Crippen LogP contribution < -0.4 is 85.6 Å². The highest BCUT2D eigenvalue weighted by molar-refractivity contribution is 5.86. The number of hydrazone groups is 5. The van der Waals surface area contributed by atoms with Gasteiger partial charge >= 0.3 is 0 Å². The van der Waals surface area contributed by atoms with E-state index in [9.17, 15) is 0 Å². The van der Waals surface area contributed by atoms with Crippen LogP contribution in [0.15, 0.2) is 25.5 Å². The van der Waals surface area contributed by atoms with Gasteiger partial charge in [-0.1, -0.05) is 0 Å². The van der Waals surface area contributed by atoms with E-state index in [4.69, 9.17) is 58.4 Å². The van der Waals surface area contributed by atoms with Gasteiger partial charge in [-0.2, -0.15) is 25.5 Å². The van der Waals surface area contributed by atoms with Gasteiger partial charge in [0.05, 0.1) is 32.7 Å². The van der Waals surface area contributed by atoms with Gasteiger partial charge in [0.2, 0.25) is 0 Å². The lowest BCUT2D eigenvalue weighted by molar-refractivity contribution is 0.106. The first-order valence-electron chi connectivity index (χ1n) is 13.4. The summed E-state index contributed by atoms with van der Waals surface area (Å²) in [6, 6.07) is 0.141. The molecule has 1 aliphatic heterocycles. The second kappa shape index (κ2) is 21.7. The fourth-order valence-corrected chi connectivity index (χ4v) is 4.56. The zero-order valence-corrected chi connectivity index (χ0v) is 24.6. The van der Waals surface area contributed by atoms with Gasteiger partial charge in [0.25, 0.3) is 0 Å². The number of likely N-dealkylation sites (tertiary alicyclic amines) is 1. The van der Waals surface area contributed by atoms with Gasteiger partial charge in [-0.05, 0) is 19.4 Å². The summed E-state index contributed by atoms with van der Waals surface area (Å²) in [7, 11) is 0. The molecule has 1 aliphatic rings. The smallest absolute Gasteiger partial charge is 0.150 e. The molecule has 1 fully saturated rings. The molecule has 0 aromatic carbocycles. The third-order valence-corrected chi connectivity index (χ3v) is 6.89. The van der Waals surface area contributed by atoms with Gasteiger partial charge in [-0.25, -0.2) is 29.2 Å². The monoisotopic (exact) mass is 616 g/mol. The predicted molar refractivity (Wildman–Crippen MR) is 169 cm³/mol. The Morgan fingerprint density at radius 1 is 0.581 bits per heavy atom. The highest BCUT2D eigenvalue weighted by Crippen LogP contribution is 2.16. The molecule has 0 spiro atoms. The van der Waals surface area contributed by atoms with E-state index < -0.39 is 0 Å². The summed E-state index contributed by atoms with van der Waals surface area (Å²) in [5.74, 6) is 57.4. The summed E-state index contributed by atoms with van der Waals surface area (Å²) < 4.78 is 0. The molecule has 1 saturated heterocycles. The Kier molecular flexibility index (Phi) is 18.6. The van der Waals surface area contributed by atoms with Crippen LogP contribution in [0.25, 0.3) is 0 Å². The minimum atomic E-state index is 0.141. The second-order valence-electron chi connectivity index (χ2n) is 9.59. The highest BCUT2D eigenvalue weighted by Gasteiger charge is 2.27. The van der Waals surface area contributed by atoms with E-state index in [-0.39, 0.29) is 19.1 Å². The Labute approximate surface area is 251 Å². The molecule has 0 aromatic heterocycles. The number of piperidine rings is 1. The minimum absolute atomic E-state index is 0.141. The molecular formula is C19H52N24. The number of hydrogen-bond donors (Lipinski definition) is 15. The molecule has 24 nitrogen and oxygen atoms in total. The molecule has 1 unspecified atom stereocenters. The lowest BCUT2D eigenvalue weighted by Gasteiger charge is -2.40. The van der Waals surface area contributed by atoms with Crippen molar-refractivity contribution in [3.8, 4) is 0 Å². The number of nitrogens with two attached hydrogens (primary N) is 10. The average molecular weight is 617 g/mol. The van der Waals surface area contributed by atoms with Crippen molar-refractivity contribution in [1.82, 2.24) is 46.7 Å². The van der Waals surface area contributed by atoms with Crippen molar-refractivity contribution >= 4 is 29.2 Å². The van der Waals surface area contributed by atoms with Crippen LogP contribution in [0.2, 0.25) is 0 Å².